The highest BCUT2D eigenvalue weighted by Gasteiger charge is 2.23. The standard InChI is InChI=1S/C22H24N4O/c27-21-14-18-5-3-7-20(18)24-26(21)15-16-9-12-25(13-10-16)22-19-6-2-1-4-17(19)8-11-23-22/h1-2,4,6,8,11,14,16H,3,5,7,9-10,12-13,15H2. The second-order valence-electron chi connectivity index (χ2n) is 7.78. The van der Waals surface area contributed by atoms with Crippen molar-refractivity contribution < 1.29 is 0 Å². The number of aryl methyl sites for hydroxylation is 2. The smallest absolute Gasteiger partial charge is 0.267 e. The summed E-state index contributed by atoms with van der Waals surface area (Å²) in [5, 5.41) is 7.10. The van der Waals surface area contributed by atoms with E-state index in [2.05, 4.69) is 45.3 Å². The van der Waals surface area contributed by atoms with Gasteiger partial charge in [0, 0.05) is 37.3 Å². The lowest BCUT2D eigenvalue weighted by atomic mass is 9.96. The van der Waals surface area contributed by atoms with E-state index in [1.165, 1.54) is 10.8 Å². The molecule has 0 saturated carbocycles. The van der Waals surface area contributed by atoms with E-state index in [4.69, 9.17) is 0 Å². The molecule has 1 aromatic carbocycles. The molecule has 27 heavy (non-hydrogen) atoms. The molecular formula is C22H24N4O. The molecule has 0 unspecified atom stereocenters. The Bertz CT molecular complexity index is 1030. The van der Waals surface area contributed by atoms with Crippen molar-refractivity contribution in [2.75, 3.05) is 18.0 Å². The molecule has 5 heteroatoms. The molecule has 1 aliphatic carbocycles. The molecule has 3 heterocycles. The van der Waals surface area contributed by atoms with Crippen LogP contribution in [0.3, 0.4) is 0 Å². The van der Waals surface area contributed by atoms with E-state index in [9.17, 15) is 4.79 Å². The van der Waals surface area contributed by atoms with Crippen molar-refractivity contribution in [1.82, 2.24) is 14.8 Å². The van der Waals surface area contributed by atoms with Gasteiger partial charge in [-0.1, -0.05) is 24.3 Å². The average molecular weight is 360 g/mol. The maximum atomic E-state index is 12.4. The summed E-state index contributed by atoms with van der Waals surface area (Å²) in [6.45, 7) is 2.69. The molecule has 0 bridgehead atoms. The first-order valence-corrected chi connectivity index (χ1v) is 9.96. The number of anilines is 1. The molecule has 5 rings (SSSR count). The minimum atomic E-state index is 0.0637. The van der Waals surface area contributed by atoms with E-state index in [0.717, 1.165) is 68.8 Å². The van der Waals surface area contributed by atoms with Gasteiger partial charge in [-0.25, -0.2) is 9.67 Å². The van der Waals surface area contributed by atoms with Crippen LogP contribution in [0.4, 0.5) is 5.82 Å². The van der Waals surface area contributed by atoms with Gasteiger partial charge in [0.1, 0.15) is 5.82 Å². The third-order valence-electron chi connectivity index (χ3n) is 6.02. The Morgan fingerprint density at radius 1 is 1.07 bits per heavy atom. The van der Waals surface area contributed by atoms with Gasteiger partial charge in [0.15, 0.2) is 0 Å². The Kier molecular flexibility index (Phi) is 4.15. The van der Waals surface area contributed by atoms with Gasteiger partial charge >= 0.3 is 0 Å². The van der Waals surface area contributed by atoms with Gasteiger partial charge in [-0.05, 0) is 55.0 Å². The number of nitrogens with zero attached hydrogens (tertiary/aromatic N) is 4. The van der Waals surface area contributed by atoms with Crippen molar-refractivity contribution in [3.8, 4) is 0 Å². The monoisotopic (exact) mass is 360 g/mol. The van der Waals surface area contributed by atoms with Crippen LogP contribution < -0.4 is 10.5 Å². The molecule has 0 atom stereocenters. The first kappa shape index (κ1) is 16.5. The number of hydrogen-bond donors (Lipinski definition) is 0. The normalized spacial score (nSPS) is 17.4. The zero-order chi connectivity index (χ0) is 18.2. The Morgan fingerprint density at radius 3 is 2.81 bits per heavy atom. The number of benzene rings is 1. The van der Waals surface area contributed by atoms with Crippen LogP contribution in [-0.2, 0) is 19.4 Å². The summed E-state index contributed by atoms with van der Waals surface area (Å²) in [5.41, 5.74) is 2.36. The molecule has 3 aromatic rings. The molecule has 1 saturated heterocycles. The van der Waals surface area contributed by atoms with E-state index in [1.54, 1.807) is 4.68 Å². The zero-order valence-corrected chi connectivity index (χ0v) is 15.5. The van der Waals surface area contributed by atoms with E-state index < -0.39 is 0 Å². The lowest BCUT2D eigenvalue weighted by Gasteiger charge is -2.33. The van der Waals surface area contributed by atoms with Crippen LogP contribution >= 0.6 is 0 Å². The first-order chi connectivity index (χ1) is 13.3. The van der Waals surface area contributed by atoms with Crippen LogP contribution in [0.2, 0.25) is 0 Å². The Morgan fingerprint density at radius 2 is 1.93 bits per heavy atom. The maximum Gasteiger partial charge on any atom is 0.267 e. The van der Waals surface area contributed by atoms with E-state index in [-0.39, 0.29) is 5.56 Å². The second-order valence-corrected chi connectivity index (χ2v) is 7.78. The molecule has 0 spiro atoms. The Balaban J connectivity index is 1.30. The van der Waals surface area contributed by atoms with Crippen molar-refractivity contribution in [1.29, 1.82) is 0 Å². The van der Waals surface area contributed by atoms with E-state index in [1.807, 2.05) is 12.3 Å². The fourth-order valence-corrected chi connectivity index (χ4v) is 4.50. The average Bonchev–Trinajstić information content (AvgIpc) is 3.15. The van der Waals surface area contributed by atoms with E-state index >= 15 is 0 Å². The number of rotatable bonds is 3. The van der Waals surface area contributed by atoms with Gasteiger partial charge in [-0.2, -0.15) is 5.10 Å². The van der Waals surface area contributed by atoms with Crippen molar-refractivity contribution in [3.63, 3.8) is 0 Å². The van der Waals surface area contributed by atoms with Crippen LogP contribution in [0.15, 0.2) is 47.4 Å². The van der Waals surface area contributed by atoms with Crippen LogP contribution in [0.1, 0.15) is 30.5 Å². The number of aromatic nitrogens is 3. The lowest BCUT2D eigenvalue weighted by Crippen LogP contribution is -2.37. The molecule has 0 amide bonds. The zero-order valence-electron chi connectivity index (χ0n) is 15.5. The first-order valence-electron chi connectivity index (χ1n) is 9.96. The molecular weight excluding hydrogens is 336 g/mol. The van der Waals surface area contributed by atoms with Crippen molar-refractivity contribution >= 4 is 16.6 Å². The summed E-state index contributed by atoms with van der Waals surface area (Å²) in [7, 11) is 0. The van der Waals surface area contributed by atoms with Gasteiger partial charge in [-0.15, -0.1) is 0 Å². The fraction of sp³-hybridized carbons (Fsp3) is 0.409. The highest BCUT2D eigenvalue weighted by atomic mass is 16.1. The summed E-state index contributed by atoms with van der Waals surface area (Å²) in [5.74, 6) is 1.58. The van der Waals surface area contributed by atoms with Gasteiger partial charge in [0.05, 0.1) is 5.69 Å². The highest BCUT2D eigenvalue weighted by molar-refractivity contribution is 5.92. The number of hydrogen-bond acceptors (Lipinski definition) is 4. The van der Waals surface area contributed by atoms with Crippen molar-refractivity contribution in [3.05, 3.63) is 64.2 Å². The largest absolute Gasteiger partial charge is 0.356 e. The quantitative estimate of drug-likeness (QED) is 0.720. The summed E-state index contributed by atoms with van der Waals surface area (Å²) in [6.07, 6.45) is 7.18. The number of piperidine rings is 1. The fourth-order valence-electron chi connectivity index (χ4n) is 4.50. The molecule has 5 nitrogen and oxygen atoms in total. The second kappa shape index (κ2) is 6.80. The van der Waals surface area contributed by atoms with Crippen molar-refractivity contribution in [2.45, 2.75) is 38.6 Å². The van der Waals surface area contributed by atoms with E-state index in [0.29, 0.717) is 5.92 Å². The molecule has 0 N–H and O–H groups in total. The molecule has 2 aliphatic rings. The summed E-state index contributed by atoms with van der Waals surface area (Å²) in [6, 6.07) is 12.3. The van der Waals surface area contributed by atoms with Crippen LogP contribution in [-0.4, -0.2) is 27.9 Å². The van der Waals surface area contributed by atoms with Gasteiger partial charge in [0.25, 0.3) is 5.56 Å². The lowest BCUT2D eigenvalue weighted by molar-refractivity contribution is 0.333. The summed E-state index contributed by atoms with van der Waals surface area (Å²) >= 11 is 0. The van der Waals surface area contributed by atoms with Gasteiger partial charge in [0.2, 0.25) is 0 Å². The summed E-state index contributed by atoms with van der Waals surface area (Å²) < 4.78 is 1.71. The SMILES string of the molecule is O=c1cc2c(nn1CC1CCN(c3nccc4ccccc34)CC1)CCC2. The van der Waals surface area contributed by atoms with Gasteiger partial charge < -0.3 is 4.90 Å². The highest BCUT2D eigenvalue weighted by Crippen LogP contribution is 2.28. The van der Waals surface area contributed by atoms with Crippen LogP contribution in [0.5, 0.6) is 0 Å². The Hall–Kier alpha value is -2.69. The van der Waals surface area contributed by atoms with Crippen molar-refractivity contribution in [2.24, 2.45) is 5.92 Å². The predicted octanol–water partition coefficient (Wildman–Crippen LogP) is 3.20. The molecule has 2 aromatic heterocycles. The maximum absolute atomic E-state index is 12.4. The third-order valence-corrected chi connectivity index (χ3v) is 6.02. The molecule has 138 valence electrons. The van der Waals surface area contributed by atoms with Crippen LogP contribution in [0, 0.1) is 5.92 Å². The Labute approximate surface area is 158 Å². The third kappa shape index (κ3) is 3.11. The van der Waals surface area contributed by atoms with Crippen LogP contribution in [0.25, 0.3) is 10.8 Å². The number of pyridine rings is 1. The molecule has 1 aliphatic heterocycles. The number of fused-ring (bicyclic) bond motifs is 2. The minimum absolute atomic E-state index is 0.0637. The topological polar surface area (TPSA) is 51.0 Å². The van der Waals surface area contributed by atoms with Gasteiger partial charge in [-0.3, -0.25) is 4.79 Å². The summed E-state index contributed by atoms with van der Waals surface area (Å²) in [4.78, 5) is 19.4. The molecule has 1 fully saturated rings. The predicted molar refractivity (Wildman–Crippen MR) is 107 cm³/mol. The minimum Gasteiger partial charge on any atom is -0.356 e. The molecule has 0 radical (unpaired) electrons.